The molecule has 1 N–H and O–H groups in total. The molecule has 0 saturated heterocycles. The van der Waals surface area contributed by atoms with Crippen LogP contribution in [0.15, 0.2) is 0 Å². The molecule has 4 rings (SSSR count). The first kappa shape index (κ1) is 12.4. The summed E-state index contributed by atoms with van der Waals surface area (Å²) in [4.78, 5) is 0. The zero-order chi connectivity index (χ0) is 9.81. The Morgan fingerprint density at radius 2 is 1.80 bits per heavy atom. The standard InChI is InChI=1S/C12H20BrN.BrH/c1-2-14-12-6-9-3-10(7-12)5-11(13,4-9)8-12;/h9-10,14H,2-8H2,1H3;1H. The molecule has 2 atom stereocenters. The van der Waals surface area contributed by atoms with Crippen LogP contribution in [0.25, 0.3) is 0 Å². The highest BCUT2D eigenvalue weighted by Crippen LogP contribution is 2.60. The van der Waals surface area contributed by atoms with Gasteiger partial charge in [0.1, 0.15) is 0 Å². The molecule has 88 valence electrons. The van der Waals surface area contributed by atoms with E-state index in [-0.39, 0.29) is 17.0 Å². The predicted molar refractivity (Wildman–Crippen MR) is 73.1 cm³/mol. The van der Waals surface area contributed by atoms with Gasteiger partial charge < -0.3 is 5.32 Å². The number of nitrogens with one attached hydrogen (secondary N) is 1. The molecule has 0 aliphatic heterocycles. The molecule has 4 bridgehead atoms. The fraction of sp³-hybridized carbons (Fsp3) is 1.00. The second-order valence-electron chi connectivity index (χ2n) is 5.92. The molecule has 0 amide bonds. The van der Waals surface area contributed by atoms with E-state index in [0.717, 1.165) is 18.4 Å². The number of rotatable bonds is 2. The maximum Gasteiger partial charge on any atom is 0.0280 e. The number of hydrogen-bond acceptors (Lipinski definition) is 1. The fourth-order valence-electron chi connectivity index (χ4n) is 4.73. The molecular weight excluding hydrogens is 318 g/mol. The second-order valence-corrected chi connectivity index (χ2v) is 7.60. The van der Waals surface area contributed by atoms with Gasteiger partial charge in [0.2, 0.25) is 0 Å². The summed E-state index contributed by atoms with van der Waals surface area (Å²) in [6.07, 6.45) is 8.67. The molecule has 4 saturated carbocycles. The van der Waals surface area contributed by atoms with Crippen molar-refractivity contribution in [3.63, 3.8) is 0 Å². The predicted octanol–water partition coefficient (Wildman–Crippen LogP) is 3.66. The first-order valence-electron chi connectivity index (χ1n) is 6.07. The zero-order valence-electron chi connectivity index (χ0n) is 9.39. The Kier molecular flexibility index (Phi) is 3.29. The molecule has 2 unspecified atom stereocenters. The van der Waals surface area contributed by atoms with Gasteiger partial charge in [-0.15, -0.1) is 17.0 Å². The van der Waals surface area contributed by atoms with Crippen LogP contribution in [0.3, 0.4) is 0 Å². The summed E-state index contributed by atoms with van der Waals surface area (Å²) in [5, 5.41) is 3.79. The SMILES string of the molecule is Br.CCNC12CC3CC(CC(Br)(C3)C1)C2. The van der Waals surface area contributed by atoms with Gasteiger partial charge in [0.05, 0.1) is 0 Å². The number of halogens is 2. The Morgan fingerprint density at radius 1 is 1.20 bits per heavy atom. The molecule has 3 heteroatoms. The van der Waals surface area contributed by atoms with Crippen LogP contribution in [-0.4, -0.2) is 16.4 Å². The topological polar surface area (TPSA) is 12.0 Å². The summed E-state index contributed by atoms with van der Waals surface area (Å²) < 4.78 is 0.513. The van der Waals surface area contributed by atoms with Gasteiger partial charge in [0.15, 0.2) is 0 Å². The van der Waals surface area contributed by atoms with Crippen LogP contribution in [-0.2, 0) is 0 Å². The van der Waals surface area contributed by atoms with E-state index in [4.69, 9.17) is 0 Å². The van der Waals surface area contributed by atoms with E-state index in [9.17, 15) is 0 Å². The molecule has 0 aromatic rings. The van der Waals surface area contributed by atoms with Gasteiger partial charge in [-0.1, -0.05) is 22.9 Å². The quantitative estimate of drug-likeness (QED) is 0.757. The van der Waals surface area contributed by atoms with Gasteiger partial charge in [-0.05, 0) is 56.9 Å². The van der Waals surface area contributed by atoms with Gasteiger partial charge in [-0.25, -0.2) is 0 Å². The van der Waals surface area contributed by atoms with Gasteiger partial charge in [0, 0.05) is 9.86 Å². The molecule has 4 aliphatic rings. The molecule has 4 aliphatic carbocycles. The maximum absolute atomic E-state index is 4.02. The van der Waals surface area contributed by atoms with Crippen molar-refractivity contribution in [1.82, 2.24) is 5.32 Å². The number of alkyl halides is 1. The van der Waals surface area contributed by atoms with Crippen molar-refractivity contribution < 1.29 is 0 Å². The van der Waals surface area contributed by atoms with Gasteiger partial charge >= 0.3 is 0 Å². The maximum atomic E-state index is 4.02. The van der Waals surface area contributed by atoms with E-state index in [1.54, 1.807) is 0 Å². The summed E-state index contributed by atoms with van der Waals surface area (Å²) in [6, 6.07) is 0. The van der Waals surface area contributed by atoms with Crippen molar-refractivity contribution >= 4 is 32.9 Å². The van der Waals surface area contributed by atoms with Crippen LogP contribution in [0.1, 0.15) is 45.4 Å². The van der Waals surface area contributed by atoms with Crippen molar-refractivity contribution in [1.29, 1.82) is 0 Å². The Morgan fingerprint density at radius 3 is 2.27 bits per heavy atom. The minimum absolute atomic E-state index is 0. The summed E-state index contributed by atoms with van der Waals surface area (Å²) in [7, 11) is 0. The van der Waals surface area contributed by atoms with Crippen LogP contribution in [0.4, 0.5) is 0 Å². The minimum Gasteiger partial charge on any atom is -0.311 e. The molecule has 0 aromatic carbocycles. The highest BCUT2D eigenvalue weighted by molar-refractivity contribution is 9.10. The van der Waals surface area contributed by atoms with E-state index in [2.05, 4.69) is 28.2 Å². The Bertz CT molecular complexity index is 240. The fourth-order valence-corrected chi connectivity index (χ4v) is 6.18. The lowest BCUT2D eigenvalue weighted by Crippen LogP contribution is -2.62. The first-order chi connectivity index (χ1) is 6.63. The van der Waals surface area contributed by atoms with Crippen LogP contribution in [0.2, 0.25) is 0 Å². The molecule has 1 nitrogen and oxygen atoms in total. The van der Waals surface area contributed by atoms with Gasteiger partial charge in [-0.3, -0.25) is 0 Å². The monoisotopic (exact) mass is 337 g/mol. The highest BCUT2D eigenvalue weighted by Gasteiger charge is 2.56. The highest BCUT2D eigenvalue weighted by atomic mass is 79.9. The third kappa shape index (κ3) is 2.04. The lowest BCUT2D eigenvalue weighted by molar-refractivity contribution is 0.00000580. The molecule has 0 radical (unpaired) electrons. The normalized spacial score (nSPS) is 51.6. The second kappa shape index (κ2) is 3.99. The summed E-state index contributed by atoms with van der Waals surface area (Å²) in [5.41, 5.74) is 0.516. The summed E-state index contributed by atoms with van der Waals surface area (Å²) in [6.45, 7) is 3.39. The van der Waals surface area contributed by atoms with Crippen LogP contribution in [0.5, 0.6) is 0 Å². The molecule has 0 heterocycles. The van der Waals surface area contributed by atoms with Gasteiger partial charge in [-0.2, -0.15) is 0 Å². The zero-order valence-corrected chi connectivity index (χ0v) is 12.7. The van der Waals surface area contributed by atoms with E-state index in [0.29, 0.717) is 9.86 Å². The Balaban J connectivity index is 0.000000853. The molecule has 15 heavy (non-hydrogen) atoms. The average molecular weight is 339 g/mol. The van der Waals surface area contributed by atoms with Crippen molar-refractivity contribution in [3.8, 4) is 0 Å². The Hall–Kier alpha value is 0.920. The van der Waals surface area contributed by atoms with E-state index in [1.807, 2.05) is 0 Å². The lowest BCUT2D eigenvalue weighted by Gasteiger charge is -2.60. The van der Waals surface area contributed by atoms with Crippen LogP contribution in [0, 0.1) is 11.8 Å². The van der Waals surface area contributed by atoms with E-state index in [1.165, 1.54) is 38.5 Å². The molecule has 0 spiro atoms. The lowest BCUT2D eigenvalue weighted by atomic mass is 9.53. The summed E-state index contributed by atoms with van der Waals surface area (Å²) in [5.74, 6) is 2.02. The number of hydrogen-bond donors (Lipinski definition) is 1. The Labute approximate surface area is 112 Å². The van der Waals surface area contributed by atoms with Crippen molar-refractivity contribution in [3.05, 3.63) is 0 Å². The first-order valence-corrected chi connectivity index (χ1v) is 6.86. The van der Waals surface area contributed by atoms with Gasteiger partial charge in [0.25, 0.3) is 0 Å². The van der Waals surface area contributed by atoms with Crippen LogP contribution >= 0.6 is 32.9 Å². The third-order valence-corrected chi connectivity index (χ3v) is 5.47. The molecule has 4 fully saturated rings. The van der Waals surface area contributed by atoms with Crippen LogP contribution < -0.4 is 5.32 Å². The molecular formula is C12H21Br2N. The van der Waals surface area contributed by atoms with Crippen molar-refractivity contribution in [2.45, 2.75) is 55.3 Å². The van der Waals surface area contributed by atoms with Crippen molar-refractivity contribution in [2.75, 3.05) is 6.54 Å². The van der Waals surface area contributed by atoms with E-state index >= 15 is 0 Å². The largest absolute Gasteiger partial charge is 0.311 e. The van der Waals surface area contributed by atoms with E-state index < -0.39 is 0 Å². The third-order valence-electron chi connectivity index (χ3n) is 4.54. The summed E-state index contributed by atoms with van der Waals surface area (Å²) >= 11 is 4.02. The minimum atomic E-state index is 0. The van der Waals surface area contributed by atoms with Crippen molar-refractivity contribution in [2.24, 2.45) is 11.8 Å². The average Bonchev–Trinajstić information content (AvgIpc) is 1.97. The smallest absolute Gasteiger partial charge is 0.0280 e. The molecule has 0 aromatic heterocycles.